The molecule has 0 saturated carbocycles. The lowest BCUT2D eigenvalue weighted by molar-refractivity contribution is -0.149. The molecule has 1 aliphatic rings. The summed E-state index contributed by atoms with van der Waals surface area (Å²) in [7, 11) is -2.69. The Bertz CT molecular complexity index is 312. The Balaban J connectivity index is 2.68. The number of carbonyl (C=O) groups is 1. The van der Waals surface area contributed by atoms with Gasteiger partial charge in [-0.1, -0.05) is 0 Å². The van der Waals surface area contributed by atoms with Gasteiger partial charge in [-0.05, 0) is 47.1 Å². The third kappa shape index (κ3) is 5.96. The van der Waals surface area contributed by atoms with Gasteiger partial charge >= 0.3 is 14.8 Å². The lowest BCUT2D eigenvalue weighted by atomic mass is 9.99. The van der Waals surface area contributed by atoms with Crippen LogP contribution in [0.5, 0.6) is 0 Å². The van der Waals surface area contributed by atoms with E-state index in [0.29, 0.717) is 39.1 Å². The monoisotopic (exact) mass is 333 g/mol. The molecule has 7 heteroatoms. The van der Waals surface area contributed by atoms with Crippen LogP contribution in [0.4, 0.5) is 0 Å². The zero-order chi connectivity index (χ0) is 16.4. The van der Waals surface area contributed by atoms with E-state index in [1.807, 2.05) is 27.7 Å². The maximum Gasteiger partial charge on any atom is 0.515 e. The summed E-state index contributed by atoms with van der Waals surface area (Å²) in [6.45, 7) is 11.5. The Morgan fingerprint density at radius 2 is 1.64 bits per heavy atom. The fraction of sp³-hybridized carbons (Fsp3) is 0.933. The highest BCUT2D eigenvalue weighted by molar-refractivity contribution is 6.60. The molecular formula is C15H31NO5Si. The first-order valence-electron chi connectivity index (χ1n) is 8.41. The van der Waals surface area contributed by atoms with Crippen molar-refractivity contribution in [2.24, 2.45) is 5.92 Å². The Kier molecular flexibility index (Phi) is 9.19. The van der Waals surface area contributed by atoms with Crippen molar-refractivity contribution in [2.45, 2.75) is 40.5 Å². The Morgan fingerprint density at radius 1 is 1.05 bits per heavy atom. The molecule has 0 aromatic carbocycles. The molecule has 0 radical (unpaired) electrons. The molecule has 1 unspecified atom stereocenters. The second-order valence-electron chi connectivity index (χ2n) is 5.31. The first-order valence-corrected chi connectivity index (χ1v) is 10.3. The SMILES string of the molecule is CCOC(=O)C1CCCN(C[Si](OCC)(OCC)OCC)C1. The molecule has 0 aromatic heterocycles. The van der Waals surface area contributed by atoms with Gasteiger partial charge in [-0.25, -0.2) is 0 Å². The van der Waals surface area contributed by atoms with Crippen molar-refractivity contribution >= 4 is 14.8 Å². The molecule has 1 heterocycles. The summed E-state index contributed by atoms with van der Waals surface area (Å²) in [5, 5.41) is 0. The molecule has 6 nitrogen and oxygen atoms in total. The number of hydrogen-bond acceptors (Lipinski definition) is 6. The molecule has 1 rings (SSSR count). The maximum atomic E-state index is 12.0. The van der Waals surface area contributed by atoms with Gasteiger partial charge in [-0.3, -0.25) is 9.69 Å². The molecule has 0 bridgehead atoms. The zero-order valence-corrected chi connectivity index (χ0v) is 15.4. The van der Waals surface area contributed by atoms with Crippen molar-refractivity contribution in [1.29, 1.82) is 0 Å². The van der Waals surface area contributed by atoms with E-state index >= 15 is 0 Å². The van der Waals surface area contributed by atoms with Crippen LogP contribution in [-0.4, -0.2) is 65.4 Å². The van der Waals surface area contributed by atoms with Gasteiger partial charge in [0.2, 0.25) is 0 Å². The average Bonchev–Trinajstić information content (AvgIpc) is 2.48. The summed E-state index contributed by atoms with van der Waals surface area (Å²) >= 11 is 0. The number of nitrogens with zero attached hydrogens (tertiary/aromatic N) is 1. The third-order valence-electron chi connectivity index (χ3n) is 3.64. The number of likely N-dealkylation sites (tertiary alicyclic amines) is 1. The highest BCUT2D eigenvalue weighted by Gasteiger charge is 2.43. The maximum absolute atomic E-state index is 12.0. The number of ether oxygens (including phenoxy) is 1. The van der Waals surface area contributed by atoms with E-state index < -0.39 is 8.80 Å². The second kappa shape index (κ2) is 10.3. The van der Waals surface area contributed by atoms with E-state index in [1.165, 1.54) is 0 Å². The molecule has 1 aliphatic heterocycles. The predicted octanol–water partition coefficient (Wildman–Crippen LogP) is 1.85. The Hall–Kier alpha value is -0.473. The minimum absolute atomic E-state index is 0.0507. The summed E-state index contributed by atoms with van der Waals surface area (Å²) in [5.41, 5.74) is 0. The van der Waals surface area contributed by atoms with Gasteiger partial charge in [0.05, 0.1) is 18.7 Å². The Labute approximate surface area is 135 Å². The predicted molar refractivity (Wildman–Crippen MR) is 86.4 cm³/mol. The topological polar surface area (TPSA) is 57.2 Å². The van der Waals surface area contributed by atoms with E-state index in [0.717, 1.165) is 19.4 Å². The fourth-order valence-electron chi connectivity index (χ4n) is 2.85. The van der Waals surface area contributed by atoms with Gasteiger partial charge in [-0.2, -0.15) is 0 Å². The summed E-state index contributed by atoms with van der Waals surface area (Å²) in [4.78, 5) is 14.2. The van der Waals surface area contributed by atoms with Crippen LogP contribution in [0.3, 0.4) is 0 Å². The molecule has 1 fully saturated rings. The molecule has 0 aliphatic carbocycles. The number of piperidine rings is 1. The van der Waals surface area contributed by atoms with Gasteiger partial charge < -0.3 is 18.0 Å². The summed E-state index contributed by atoms with van der Waals surface area (Å²) < 4.78 is 22.8. The molecule has 0 amide bonds. The van der Waals surface area contributed by atoms with E-state index in [9.17, 15) is 4.79 Å². The second-order valence-corrected chi connectivity index (χ2v) is 7.86. The van der Waals surface area contributed by atoms with Crippen LogP contribution in [0, 0.1) is 5.92 Å². The number of esters is 1. The molecule has 0 aromatic rings. The van der Waals surface area contributed by atoms with E-state index in [-0.39, 0.29) is 11.9 Å². The molecular weight excluding hydrogens is 302 g/mol. The standard InChI is InChI=1S/C15H31NO5Si/c1-5-18-15(17)14-10-9-11-16(12-14)13-22(19-6-2,20-7-3)21-8-4/h14H,5-13H2,1-4H3. The average molecular weight is 334 g/mol. The highest BCUT2D eigenvalue weighted by atomic mass is 28.4. The van der Waals surface area contributed by atoms with Crippen LogP contribution < -0.4 is 0 Å². The van der Waals surface area contributed by atoms with E-state index in [2.05, 4.69) is 4.90 Å². The van der Waals surface area contributed by atoms with Crippen LogP contribution in [0.2, 0.25) is 0 Å². The van der Waals surface area contributed by atoms with Gasteiger partial charge in [0, 0.05) is 26.4 Å². The number of hydrogen-bond donors (Lipinski definition) is 0. The van der Waals surface area contributed by atoms with E-state index in [4.69, 9.17) is 18.0 Å². The van der Waals surface area contributed by atoms with Crippen molar-refractivity contribution in [2.75, 3.05) is 45.7 Å². The molecule has 0 spiro atoms. The molecule has 0 N–H and O–H groups in total. The molecule has 1 atom stereocenters. The largest absolute Gasteiger partial charge is 0.515 e. The van der Waals surface area contributed by atoms with Crippen LogP contribution in [-0.2, 0) is 22.8 Å². The summed E-state index contributed by atoms with van der Waals surface area (Å²) in [6.07, 6.45) is 2.51. The summed E-state index contributed by atoms with van der Waals surface area (Å²) in [5.74, 6) is -0.144. The van der Waals surface area contributed by atoms with Crippen molar-refractivity contribution in [1.82, 2.24) is 4.90 Å². The number of carbonyl (C=O) groups excluding carboxylic acids is 1. The fourth-order valence-corrected chi connectivity index (χ4v) is 5.53. The van der Waals surface area contributed by atoms with Gasteiger partial charge in [0.1, 0.15) is 0 Å². The minimum atomic E-state index is -2.69. The molecule has 1 saturated heterocycles. The van der Waals surface area contributed by atoms with Gasteiger partial charge in [0.15, 0.2) is 0 Å². The van der Waals surface area contributed by atoms with Crippen LogP contribution in [0.25, 0.3) is 0 Å². The first kappa shape index (κ1) is 19.6. The van der Waals surface area contributed by atoms with Gasteiger partial charge in [-0.15, -0.1) is 0 Å². The number of rotatable bonds is 10. The van der Waals surface area contributed by atoms with Crippen molar-refractivity contribution < 1.29 is 22.8 Å². The smallest absolute Gasteiger partial charge is 0.466 e. The van der Waals surface area contributed by atoms with Gasteiger partial charge in [0.25, 0.3) is 0 Å². The van der Waals surface area contributed by atoms with Crippen LogP contribution in [0.1, 0.15) is 40.5 Å². The van der Waals surface area contributed by atoms with Crippen molar-refractivity contribution in [3.8, 4) is 0 Å². The quantitative estimate of drug-likeness (QED) is 0.449. The zero-order valence-electron chi connectivity index (χ0n) is 14.4. The summed E-state index contributed by atoms with van der Waals surface area (Å²) in [6, 6.07) is 0. The van der Waals surface area contributed by atoms with Crippen molar-refractivity contribution in [3.05, 3.63) is 0 Å². The molecule has 130 valence electrons. The lowest BCUT2D eigenvalue weighted by Crippen LogP contribution is -2.57. The Morgan fingerprint density at radius 3 is 2.14 bits per heavy atom. The third-order valence-corrected chi connectivity index (χ3v) is 6.66. The minimum Gasteiger partial charge on any atom is -0.466 e. The van der Waals surface area contributed by atoms with Crippen LogP contribution in [0.15, 0.2) is 0 Å². The normalized spacial score (nSPS) is 20.1. The van der Waals surface area contributed by atoms with E-state index in [1.54, 1.807) is 0 Å². The van der Waals surface area contributed by atoms with Crippen molar-refractivity contribution in [3.63, 3.8) is 0 Å². The molecule has 22 heavy (non-hydrogen) atoms. The van der Waals surface area contributed by atoms with Crippen LogP contribution >= 0.6 is 0 Å². The highest BCUT2D eigenvalue weighted by Crippen LogP contribution is 2.21. The first-order chi connectivity index (χ1) is 10.6. The lowest BCUT2D eigenvalue weighted by Gasteiger charge is -2.37.